The minimum atomic E-state index is 0.381. The fourth-order valence-electron chi connectivity index (χ4n) is 1.95. The summed E-state index contributed by atoms with van der Waals surface area (Å²) >= 11 is 4.96. The Hall–Kier alpha value is -0.930. The molecule has 0 saturated heterocycles. The van der Waals surface area contributed by atoms with Gasteiger partial charge in [-0.2, -0.15) is 0 Å². The Morgan fingerprint density at radius 2 is 1.88 bits per heavy atom. The third kappa shape index (κ3) is 4.10. The molecule has 0 spiro atoms. The van der Waals surface area contributed by atoms with E-state index in [2.05, 4.69) is 50.9 Å². The second-order valence-electron chi connectivity index (χ2n) is 4.80. The molecule has 1 unspecified atom stereocenters. The Balaban J connectivity index is 2.74. The van der Waals surface area contributed by atoms with Gasteiger partial charge in [0.15, 0.2) is 0 Å². The van der Waals surface area contributed by atoms with Gasteiger partial charge in [0, 0.05) is 19.0 Å². The lowest BCUT2D eigenvalue weighted by Crippen LogP contribution is -2.32. The van der Waals surface area contributed by atoms with Crippen molar-refractivity contribution in [3.05, 3.63) is 34.9 Å². The van der Waals surface area contributed by atoms with E-state index in [1.165, 1.54) is 16.7 Å². The second kappa shape index (κ2) is 6.12. The van der Waals surface area contributed by atoms with Gasteiger partial charge in [0.25, 0.3) is 0 Å². The van der Waals surface area contributed by atoms with Crippen LogP contribution >= 0.6 is 12.2 Å². The molecule has 0 bridgehead atoms. The number of nitrogens with two attached hydrogens (primary N) is 1. The molecular formula is C14H22N2S. The smallest absolute Gasteiger partial charge is 0.0742 e. The molecule has 0 aliphatic carbocycles. The maximum Gasteiger partial charge on any atom is 0.0742 e. The van der Waals surface area contributed by atoms with Crippen LogP contribution in [0.5, 0.6) is 0 Å². The van der Waals surface area contributed by atoms with E-state index in [9.17, 15) is 0 Å². The van der Waals surface area contributed by atoms with E-state index in [1.807, 2.05) is 0 Å². The highest BCUT2D eigenvalue weighted by Gasteiger charge is 2.12. The zero-order chi connectivity index (χ0) is 13.0. The Bertz CT molecular complexity index is 381. The maximum absolute atomic E-state index is 5.59. The number of thiocarbonyl (C=S) groups is 1. The van der Waals surface area contributed by atoms with Crippen LogP contribution in [-0.2, 0) is 6.54 Å². The highest BCUT2D eigenvalue weighted by Crippen LogP contribution is 2.16. The van der Waals surface area contributed by atoms with Gasteiger partial charge < -0.3 is 5.73 Å². The molecule has 2 N–H and O–H groups in total. The van der Waals surface area contributed by atoms with Gasteiger partial charge in [-0.3, -0.25) is 4.90 Å². The van der Waals surface area contributed by atoms with Crippen molar-refractivity contribution >= 4 is 17.2 Å². The summed E-state index contributed by atoms with van der Waals surface area (Å²) in [5, 5.41) is 0. The number of hydrogen-bond donors (Lipinski definition) is 1. The minimum absolute atomic E-state index is 0.381. The SMILES string of the molecule is Cc1cccc(C)c1CN(C)C(C)CC(N)=S. The molecule has 0 saturated carbocycles. The molecule has 0 amide bonds. The summed E-state index contributed by atoms with van der Waals surface area (Å²) in [6, 6.07) is 6.81. The van der Waals surface area contributed by atoms with Crippen LogP contribution in [0.4, 0.5) is 0 Å². The Morgan fingerprint density at radius 3 is 2.35 bits per heavy atom. The highest BCUT2D eigenvalue weighted by molar-refractivity contribution is 7.80. The van der Waals surface area contributed by atoms with Crippen molar-refractivity contribution in [1.29, 1.82) is 0 Å². The van der Waals surface area contributed by atoms with E-state index < -0.39 is 0 Å². The van der Waals surface area contributed by atoms with Gasteiger partial charge in [-0.1, -0.05) is 30.4 Å². The first kappa shape index (κ1) is 14.1. The monoisotopic (exact) mass is 250 g/mol. The van der Waals surface area contributed by atoms with Gasteiger partial charge in [0.1, 0.15) is 0 Å². The molecule has 3 heteroatoms. The number of nitrogens with zero attached hydrogens (tertiary/aromatic N) is 1. The van der Waals surface area contributed by atoms with Crippen LogP contribution in [0.15, 0.2) is 18.2 Å². The van der Waals surface area contributed by atoms with Gasteiger partial charge in [0.05, 0.1) is 4.99 Å². The van der Waals surface area contributed by atoms with Crippen LogP contribution in [0.25, 0.3) is 0 Å². The number of rotatable bonds is 5. The van der Waals surface area contributed by atoms with E-state index in [1.54, 1.807) is 0 Å². The number of benzene rings is 1. The molecule has 1 atom stereocenters. The van der Waals surface area contributed by atoms with E-state index in [4.69, 9.17) is 18.0 Å². The van der Waals surface area contributed by atoms with Crippen molar-refractivity contribution < 1.29 is 0 Å². The zero-order valence-corrected chi connectivity index (χ0v) is 12.0. The van der Waals surface area contributed by atoms with Crippen molar-refractivity contribution in [1.82, 2.24) is 4.90 Å². The number of hydrogen-bond acceptors (Lipinski definition) is 2. The molecule has 0 fully saturated rings. The second-order valence-corrected chi connectivity index (χ2v) is 5.33. The first-order chi connectivity index (χ1) is 7.91. The zero-order valence-electron chi connectivity index (χ0n) is 11.2. The van der Waals surface area contributed by atoms with Crippen LogP contribution in [0, 0.1) is 13.8 Å². The summed E-state index contributed by atoms with van der Waals surface area (Å²) in [4.78, 5) is 2.89. The first-order valence-electron chi connectivity index (χ1n) is 5.95. The summed E-state index contributed by atoms with van der Waals surface area (Å²) in [6.07, 6.45) is 0.775. The van der Waals surface area contributed by atoms with Crippen molar-refractivity contribution in [2.24, 2.45) is 5.73 Å². The van der Waals surface area contributed by atoms with Crippen LogP contribution in [0.2, 0.25) is 0 Å². The molecule has 0 aliphatic heterocycles. The lowest BCUT2D eigenvalue weighted by molar-refractivity contribution is 0.254. The van der Waals surface area contributed by atoms with E-state index in [0.717, 1.165) is 13.0 Å². The fraction of sp³-hybridized carbons (Fsp3) is 0.500. The topological polar surface area (TPSA) is 29.3 Å². The van der Waals surface area contributed by atoms with Gasteiger partial charge >= 0.3 is 0 Å². The molecule has 2 nitrogen and oxygen atoms in total. The summed E-state index contributed by atoms with van der Waals surface area (Å²) in [7, 11) is 2.12. The standard InChI is InChI=1S/C14H22N2S/c1-10-6-5-7-11(2)13(10)9-16(4)12(3)8-14(15)17/h5-7,12H,8-9H2,1-4H3,(H2,15,17). The van der Waals surface area contributed by atoms with Gasteiger partial charge in [0.2, 0.25) is 0 Å². The van der Waals surface area contributed by atoms with Gasteiger partial charge in [-0.05, 0) is 44.5 Å². The Kier molecular flexibility index (Phi) is 5.09. The molecule has 0 aliphatic rings. The third-order valence-electron chi connectivity index (χ3n) is 3.30. The molecule has 0 heterocycles. The van der Waals surface area contributed by atoms with Crippen molar-refractivity contribution in [3.8, 4) is 0 Å². The highest BCUT2D eigenvalue weighted by atomic mass is 32.1. The van der Waals surface area contributed by atoms with Crippen molar-refractivity contribution in [2.75, 3.05) is 7.05 Å². The van der Waals surface area contributed by atoms with E-state index in [0.29, 0.717) is 11.0 Å². The molecule has 1 rings (SSSR count). The molecule has 0 aromatic heterocycles. The lowest BCUT2D eigenvalue weighted by Gasteiger charge is -2.26. The van der Waals surface area contributed by atoms with Gasteiger partial charge in [-0.15, -0.1) is 0 Å². The fourth-order valence-corrected chi connectivity index (χ4v) is 2.19. The largest absolute Gasteiger partial charge is 0.393 e. The molecule has 1 aromatic carbocycles. The Labute approximate surface area is 110 Å². The predicted molar refractivity (Wildman–Crippen MR) is 78.2 cm³/mol. The predicted octanol–water partition coefficient (Wildman–Crippen LogP) is 2.80. The van der Waals surface area contributed by atoms with Crippen molar-refractivity contribution in [3.63, 3.8) is 0 Å². The Morgan fingerprint density at radius 1 is 1.35 bits per heavy atom. The van der Waals surface area contributed by atoms with Crippen LogP contribution < -0.4 is 5.73 Å². The van der Waals surface area contributed by atoms with E-state index in [-0.39, 0.29) is 0 Å². The van der Waals surface area contributed by atoms with E-state index >= 15 is 0 Å². The average Bonchev–Trinajstić information content (AvgIpc) is 2.22. The normalized spacial score (nSPS) is 12.8. The van der Waals surface area contributed by atoms with Crippen molar-refractivity contribution in [2.45, 2.75) is 39.8 Å². The van der Waals surface area contributed by atoms with Gasteiger partial charge in [-0.25, -0.2) is 0 Å². The summed E-state index contributed by atoms with van der Waals surface area (Å²) < 4.78 is 0. The van der Waals surface area contributed by atoms with Crippen LogP contribution in [0.3, 0.4) is 0 Å². The molecule has 1 aromatic rings. The lowest BCUT2D eigenvalue weighted by atomic mass is 10.0. The summed E-state index contributed by atoms with van der Waals surface area (Å²) in [6.45, 7) is 7.43. The molecule has 94 valence electrons. The minimum Gasteiger partial charge on any atom is -0.393 e. The summed E-state index contributed by atoms with van der Waals surface area (Å²) in [5.41, 5.74) is 9.69. The average molecular weight is 250 g/mol. The number of aryl methyl sites for hydroxylation is 2. The first-order valence-corrected chi connectivity index (χ1v) is 6.36. The van der Waals surface area contributed by atoms with Crippen LogP contribution in [0.1, 0.15) is 30.0 Å². The summed E-state index contributed by atoms with van der Waals surface area (Å²) in [5.74, 6) is 0. The quantitative estimate of drug-likeness (QED) is 0.815. The molecule has 17 heavy (non-hydrogen) atoms. The molecular weight excluding hydrogens is 228 g/mol. The maximum atomic E-state index is 5.59. The molecule has 0 radical (unpaired) electrons. The van der Waals surface area contributed by atoms with Crippen LogP contribution in [-0.4, -0.2) is 23.0 Å². The third-order valence-corrected chi connectivity index (χ3v) is 3.47.